The molecule has 0 fully saturated rings. The molecule has 5 nitrogen and oxygen atoms in total. The van der Waals surface area contributed by atoms with E-state index in [1.807, 2.05) is 6.07 Å². The Morgan fingerprint density at radius 3 is 2.38 bits per heavy atom. The summed E-state index contributed by atoms with van der Waals surface area (Å²) >= 11 is 0. The second-order valence-electron chi connectivity index (χ2n) is 6.22. The van der Waals surface area contributed by atoms with E-state index < -0.39 is 0 Å². The summed E-state index contributed by atoms with van der Waals surface area (Å²) in [6, 6.07) is 11.3. The number of rotatable bonds is 9. The van der Waals surface area contributed by atoms with Crippen LogP contribution < -0.4 is 19.5 Å². The van der Waals surface area contributed by atoms with Gasteiger partial charge < -0.3 is 19.5 Å². The molecule has 0 atom stereocenters. The fourth-order valence-electron chi connectivity index (χ4n) is 2.50. The minimum atomic E-state index is -0.150. The first kappa shape index (κ1) is 19.6. The monoisotopic (exact) mass is 357 g/mol. The molecule has 0 radical (unpaired) electrons. The number of benzene rings is 2. The molecular formula is C21H27NO4. The number of aryl methyl sites for hydroxylation is 2. The highest BCUT2D eigenvalue weighted by Gasteiger charge is 2.05. The first-order valence-electron chi connectivity index (χ1n) is 8.74. The van der Waals surface area contributed by atoms with Gasteiger partial charge in [0.05, 0.1) is 13.7 Å². The Labute approximate surface area is 155 Å². The summed E-state index contributed by atoms with van der Waals surface area (Å²) < 4.78 is 16.4. The Morgan fingerprint density at radius 1 is 1.00 bits per heavy atom. The molecule has 0 saturated carbocycles. The maximum absolute atomic E-state index is 11.8. The zero-order chi connectivity index (χ0) is 18.9. The summed E-state index contributed by atoms with van der Waals surface area (Å²) in [6.07, 6.45) is 0.737. The van der Waals surface area contributed by atoms with Crippen molar-refractivity contribution in [2.24, 2.45) is 0 Å². The molecule has 5 heteroatoms. The zero-order valence-electron chi connectivity index (χ0n) is 15.9. The molecule has 2 rings (SSSR count). The van der Waals surface area contributed by atoms with Crippen LogP contribution in [-0.4, -0.2) is 32.8 Å². The first-order valence-corrected chi connectivity index (χ1v) is 8.74. The minimum Gasteiger partial charge on any atom is -0.497 e. The average Bonchev–Trinajstić information content (AvgIpc) is 2.63. The number of nitrogens with one attached hydrogen (secondary N) is 1. The zero-order valence-corrected chi connectivity index (χ0v) is 15.9. The topological polar surface area (TPSA) is 56.8 Å². The van der Waals surface area contributed by atoms with Gasteiger partial charge in [0.25, 0.3) is 5.91 Å². The third-order valence-corrected chi connectivity index (χ3v) is 4.09. The molecule has 140 valence electrons. The van der Waals surface area contributed by atoms with E-state index in [-0.39, 0.29) is 12.5 Å². The Balaban J connectivity index is 1.64. The van der Waals surface area contributed by atoms with Crippen molar-refractivity contribution >= 4 is 5.91 Å². The van der Waals surface area contributed by atoms with E-state index in [4.69, 9.17) is 14.2 Å². The molecule has 0 bridgehead atoms. The van der Waals surface area contributed by atoms with Crippen molar-refractivity contribution in [1.82, 2.24) is 5.32 Å². The Bertz CT molecular complexity index is 726. The van der Waals surface area contributed by atoms with Crippen molar-refractivity contribution in [2.75, 3.05) is 26.9 Å². The lowest BCUT2D eigenvalue weighted by Gasteiger charge is -2.12. The number of amides is 1. The third kappa shape index (κ3) is 5.99. The van der Waals surface area contributed by atoms with E-state index in [2.05, 4.69) is 32.2 Å². The van der Waals surface area contributed by atoms with Crippen LogP contribution >= 0.6 is 0 Å². The molecule has 0 aliphatic carbocycles. The van der Waals surface area contributed by atoms with Crippen molar-refractivity contribution in [3.8, 4) is 17.2 Å². The summed E-state index contributed by atoms with van der Waals surface area (Å²) in [4.78, 5) is 11.8. The van der Waals surface area contributed by atoms with E-state index >= 15 is 0 Å². The van der Waals surface area contributed by atoms with Crippen LogP contribution in [0.3, 0.4) is 0 Å². The summed E-state index contributed by atoms with van der Waals surface area (Å²) in [5, 5.41) is 2.83. The lowest BCUT2D eigenvalue weighted by molar-refractivity contribution is -0.123. The molecular weight excluding hydrogens is 330 g/mol. The van der Waals surface area contributed by atoms with Gasteiger partial charge in [0, 0.05) is 6.54 Å². The maximum Gasteiger partial charge on any atom is 0.257 e. The summed E-state index contributed by atoms with van der Waals surface area (Å²) in [5.41, 5.74) is 3.57. The van der Waals surface area contributed by atoms with Crippen LogP contribution in [0.2, 0.25) is 0 Å². The number of hydrogen-bond donors (Lipinski definition) is 1. The van der Waals surface area contributed by atoms with Gasteiger partial charge in [-0.25, -0.2) is 0 Å². The minimum absolute atomic E-state index is 0.0105. The second kappa shape index (κ2) is 9.70. The van der Waals surface area contributed by atoms with Crippen LogP contribution in [0.4, 0.5) is 0 Å². The van der Waals surface area contributed by atoms with Gasteiger partial charge in [0.2, 0.25) is 0 Å². The smallest absolute Gasteiger partial charge is 0.257 e. The summed E-state index contributed by atoms with van der Waals surface area (Å²) in [5.74, 6) is 2.15. The van der Waals surface area contributed by atoms with Gasteiger partial charge in [-0.3, -0.25) is 4.79 Å². The van der Waals surface area contributed by atoms with E-state index in [9.17, 15) is 4.79 Å². The second-order valence-corrected chi connectivity index (χ2v) is 6.22. The summed E-state index contributed by atoms with van der Waals surface area (Å²) in [6.45, 7) is 7.30. The van der Waals surface area contributed by atoms with Gasteiger partial charge in [0.15, 0.2) is 6.61 Å². The van der Waals surface area contributed by atoms with Gasteiger partial charge in [-0.05, 0) is 74.2 Å². The predicted octanol–water partition coefficient (Wildman–Crippen LogP) is 3.58. The van der Waals surface area contributed by atoms with Gasteiger partial charge in [-0.2, -0.15) is 0 Å². The van der Waals surface area contributed by atoms with Crippen LogP contribution in [-0.2, 0) is 4.79 Å². The fraction of sp³-hybridized carbons (Fsp3) is 0.381. The Hall–Kier alpha value is -2.69. The van der Waals surface area contributed by atoms with Crippen LogP contribution in [0, 0.1) is 20.8 Å². The van der Waals surface area contributed by atoms with Crippen LogP contribution in [0.5, 0.6) is 17.2 Å². The molecule has 0 spiro atoms. The average molecular weight is 357 g/mol. The van der Waals surface area contributed by atoms with E-state index in [0.29, 0.717) is 18.9 Å². The van der Waals surface area contributed by atoms with E-state index in [1.165, 1.54) is 11.1 Å². The van der Waals surface area contributed by atoms with Crippen molar-refractivity contribution in [2.45, 2.75) is 27.2 Å². The van der Waals surface area contributed by atoms with Crippen LogP contribution in [0.15, 0.2) is 36.4 Å². The Kier molecular flexibility index (Phi) is 7.33. The number of ether oxygens (including phenoxy) is 3. The van der Waals surface area contributed by atoms with Gasteiger partial charge in [-0.1, -0.05) is 6.07 Å². The molecule has 0 aliphatic heterocycles. The molecule has 0 heterocycles. The van der Waals surface area contributed by atoms with Crippen molar-refractivity contribution in [3.05, 3.63) is 53.1 Å². The van der Waals surface area contributed by atoms with Crippen LogP contribution in [0.1, 0.15) is 23.1 Å². The molecule has 0 aliphatic rings. The van der Waals surface area contributed by atoms with Gasteiger partial charge in [0.1, 0.15) is 17.2 Å². The van der Waals surface area contributed by atoms with Crippen molar-refractivity contribution in [1.29, 1.82) is 0 Å². The number of carbonyl (C=O) groups excluding carboxylic acids is 1. The highest BCUT2D eigenvalue weighted by Crippen LogP contribution is 2.23. The SMILES string of the molecule is COc1ccc(OCC(=O)NCCCOc2cc(C)cc(C)c2C)cc1. The standard InChI is InChI=1S/C21H27NO4/c1-15-12-16(2)17(3)20(13-15)25-11-5-10-22-21(23)14-26-19-8-6-18(24-4)7-9-19/h6-9,12-13H,5,10-11,14H2,1-4H3,(H,22,23). The number of carbonyl (C=O) groups is 1. The summed E-state index contributed by atoms with van der Waals surface area (Å²) in [7, 11) is 1.61. The van der Waals surface area contributed by atoms with E-state index in [0.717, 1.165) is 23.5 Å². The van der Waals surface area contributed by atoms with Crippen molar-refractivity contribution < 1.29 is 19.0 Å². The largest absolute Gasteiger partial charge is 0.497 e. The molecule has 2 aromatic carbocycles. The number of methoxy groups -OCH3 is 1. The maximum atomic E-state index is 11.8. The number of hydrogen-bond acceptors (Lipinski definition) is 4. The van der Waals surface area contributed by atoms with Gasteiger partial charge >= 0.3 is 0 Å². The quantitative estimate of drug-likeness (QED) is 0.697. The predicted molar refractivity (Wildman–Crippen MR) is 102 cm³/mol. The van der Waals surface area contributed by atoms with E-state index in [1.54, 1.807) is 31.4 Å². The lowest BCUT2D eigenvalue weighted by atomic mass is 10.1. The normalized spacial score (nSPS) is 10.3. The molecule has 0 unspecified atom stereocenters. The molecule has 26 heavy (non-hydrogen) atoms. The molecule has 2 aromatic rings. The molecule has 0 saturated heterocycles. The molecule has 0 aromatic heterocycles. The highest BCUT2D eigenvalue weighted by atomic mass is 16.5. The molecule has 1 amide bonds. The van der Waals surface area contributed by atoms with Crippen LogP contribution in [0.25, 0.3) is 0 Å². The van der Waals surface area contributed by atoms with Gasteiger partial charge in [-0.15, -0.1) is 0 Å². The molecule has 1 N–H and O–H groups in total. The first-order chi connectivity index (χ1) is 12.5. The highest BCUT2D eigenvalue weighted by molar-refractivity contribution is 5.77. The Morgan fingerprint density at radius 2 is 1.69 bits per heavy atom. The lowest BCUT2D eigenvalue weighted by Crippen LogP contribution is -2.30. The third-order valence-electron chi connectivity index (χ3n) is 4.09. The van der Waals surface area contributed by atoms with Crippen molar-refractivity contribution in [3.63, 3.8) is 0 Å². The fourth-order valence-corrected chi connectivity index (χ4v) is 2.50.